The summed E-state index contributed by atoms with van der Waals surface area (Å²) in [5, 5.41) is 24.5. The number of aliphatic hydroxyl groups is 2. The summed E-state index contributed by atoms with van der Waals surface area (Å²) >= 11 is 0. The van der Waals surface area contributed by atoms with Crippen LogP contribution in [0.25, 0.3) is 0 Å². The second kappa shape index (κ2) is 9.01. The van der Waals surface area contributed by atoms with E-state index in [1.54, 1.807) is 19.9 Å². The van der Waals surface area contributed by atoms with Crippen LogP contribution < -0.4 is 5.32 Å². The van der Waals surface area contributed by atoms with Crippen molar-refractivity contribution < 1.29 is 33.7 Å². The summed E-state index contributed by atoms with van der Waals surface area (Å²) in [6.45, 7) is 10.3. The summed E-state index contributed by atoms with van der Waals surface area (Å²) in [5.74, 6) is -2.31. The van der Waals surface area contributed by atoms with Gasteiger partial charge in [0.05, 0.1) is 6.10 Å². The van der Waals surface area contributed by atoms with Crippen molar-refractivity contribution >= 4 is 17.7 Å². The molecule has 1 amide bonds. The molecule has 0 spiro atoms. The van der Waals surface area contributed by atoms with Gasteiger partial charge in [0.1, 0.15) is 6.61 Å². The summed E-state index contributed by atoms with van der Waals surface area (Å²) in [6.07, 6.45) is 4.97. The predicted octanol–water partition coefficient (Wildman–Crippen LogP) is 4.21. The normalized spacial score (nSPS) is 42.8. The third-order valence-corrected chi connectivity index (χ3v) is 10.3. The fourth-order valence-corrected chi connectivity index (χ4v) is 8.65. The van der Waals surface area contributed by atoms with Gasteiger partial charge in [0.15, 0.2) is 17.1 Å². The van der Waals surface area contributed by atoms with Gasteiger partial charge in [-0.05, 0) is 70.9 Å². The van der Waals surface area contributed by atoms with Gasteiger partial charge in [-0.1, -0.05) is 38.8 Å². The zero-order valence-corrected chi connectivity index (χ0v) is 22.9. The lowest BCUT2D eigenvalue weighted by Gasteiger charge is -2.62. The fourth-order valence-electron chi connectivity index (χ4n) is 8.65. The minimum atomic E-state index is -2.05. The van der Waals surface area contributed by atoms with Crippen molar-refractivity contribution in [2.24, 2.45) is 28.6 Å². The van der Waals surface area contributed by atoms with E-state index in [0.29, 0.717) is 31.3 Å². The summed E-state index contributed by atoms with van der Waals surface area (Å²) in [4.78, 5) is 38.8. The molecule has 3 saturated carbocycles. The molecule has 4 aliphatic carbocycles. The van der Waals surface area contributed by atoms with Crippen molar-refractivity contribution in [1.29, 1.82) is 0 Å². The van der Waals surface area contributed by atoms with Gasteiger partial charge in [0, 0.05) is 28.2 Å². The molecule has 7 nitrogen and oxygen atoms in total. The lowest BCUT2D eigenvalue weighted by molar-refractivity contribution is -0.219. The monoisotopic (exact) mass is 519 g/mol. The topological polar surface area (TPSA) is 113 Å². The minimum absolute atomic E-state index is 0.114. The molecule has 0 aromatic carbocycles. The highest BCUT2D eigenvalue weighted by Crippen LogP contribution is 2.71. The highest BCUT2D eigenvalue weighted by atomic mass is 19.1. The third kappa shape index (κ3) is 3.76. The van der Waals surface area contributed by atoms with Crippen molar-refractivity contribution in [2.75, 3.05) is 6.61 Å². The summed E-state index contributed by atoms with van der Waals surface area (Å²) in [6, 6.07) is 0. The Kier molecular flexibility index (Phi) is 6.81. The third-order valence-electron chi connectivity index (χ3n) is 10.3. The number of nitrogens with one attached hydrogen (secondary N) is 1. The Bertz CT molecular complexity index is 1050. The lowest BCUT2D eigenvalue weighted by atomic mass is 9.44. The number of carbonyl (C=O) groups excluding carboxylic acids is 3. The van der Waals surface area contributed by atoms with E-state index in [2.05, 4.69) is 5.32 Å². The van der Waals surface area contributed by atoms with Crippen LogP contribution in [0.4, 0.5) is 9.18 Å². The largest absolute Gasteiger partial charge is 0.434 e. The number of hydrogen-bond acceptors (Lipinski definition) is 6. The Hall–Kier alpha value is -2.06. The van der Waals surface area contributed by atoms with Crippen LogP contribution in [0.1, 0.15) is 80.1 Å². The zero-order valence-electron chi connectivity index (χ0n) is 22.9. The van der Waals surface area contributed by atoms with Crippen LogP contribution in [0.15, 0.2) is 23.8 Å². The number of aliphatic hydroxyl groups excluding tert-OH is 2. The van der Waals surface area contributed by atoms with E-state index in [4.69, 9.17) is 4.74 Å². The standard InChI is InChI=1S/C29H42FNO6/c1-7-11-25(3,4)31-24(36)37-29(23(35)16-32)17(2)13-21-20-9-8-18-14-19(33)10-12-26(18,5)28(20,30)22(34)15-27(21,29)6/h10,12,14,17,20-22,32,34H,7-9,11,13,15-16H2,1-6H3,(H,31,36)/t17-,20-,21-,22-,26-,27-,28-,29-/m0/s1. The van der Waals surface area contributed by atoms with Gasteiger partial charge in [-0.2, -0.15) is 0 Å². The number of amides is 1. The molecule has 4 rings (SSSR count). The summed E-state index contributed by atoms with van der Waals surface area (Å²) in [7, 11) is 0. The first-order valence-electron chi connectivity index (χ1n) is 13.6. The number of hydrogen-bond donors (Lipinski definition) is 3. The predicted molar refractivity (Wildman–Crippen MR) is 136 cm³/mol. The SMILES string of the molecule is CCCC(C)(C)NC(=O)O[C@]1(C(=O)CO)[C@@H](C)C[C@H]2[C@@H]3CCC4=CC(=O)C=C[C@]4(C)[C@@]3(F)[C@@H](O)C[C@@]21C. The van der Waals surface area contributed by atoms with E-state index in [1.807, 2.05) is 27.7 Å². The van der Waals surface area contributed by atoms with Gasteiger partial charge in [-0.15, -0.1) is 0 Å². The van der Waals surface area contributed by atoms with Gasteiger partial charge in [0.25, 0.3) is 0 Å². The van der Waals surface area contributed by atoms with E-state index in [0.717, 1.165) is 6.42 Å². The molecule has 206 valence electrons. The van der Waals surface area contributed by atoms with Crippen LogP contribution in [0.5, 0.6) is 0 Å². The molecular weight excluding hydrogens is 477 g/mol. The van der Waals surface area contributed by atoms with Crippen molar-refractivity contribution in [1.82, 2.24) is 5.32 Å². The van der Waals surface area contributed by atoms with Crippen molar-refractivity contribution in [2.45, 2.75) is 103 Å². The van der Waals surface area contributed by atoms with Crippen LogP contribution in [0.2, 0.25) is 0 Å². The van der Waals surface area contributed by atoms with Crippen LogP contribution >= 0.6 is 0 Å². The van der Waals surface area contributed by atoms with Gasteiger partial charge in [0.2, 0.25) is 5.78 Å². The molecule has 0 aromatic rings. The molecule has 0 bridgehead atoms. The van der Waals surface area contributed by atoms with E-state index in [9.17, 15) is 24.6 Å². The highest BCUT2D eigenvalue weighted by Gasteiger charge is 2.77. The molecule has 0 saturated heterocycles. The van der Waals surface area contributed by atoms with Crippen molar-refractivity contribution in [3.63, 3.8) is 0 Å². The fraction of sp³-hybridized carbons (Fsp3) is 0.759. The quantitative estimate of drug-likeness (QED) is 0.485. The second-order valence-electron chi connectivity index (χ2n) is 12.9. The van der Waals surface area contributed by atoms with Crippen LogP contribution in [-0.2, 0) is 14.3 Å². The number of alkyl halides is 1. The molecule has 8 atom stereocenters. The Morgan fingerprint density at radius 3 is 2.57 bits per heavy atom. The zero-order chi connectivity index (χ0) is 27.6. The van der Waals surface area contributed by atoms with Gasteiger partial charge >= 0.3 is 6.09 Å². The maximum Gasteiger partial charge on any atom is 0.408 e. The molecule has 37 heavy (non-hydrogen) atoms. The Labute approximate surface area is 218 Å². The van der Waals surface area contributed by atoms with E-state index >= 15 is 4.39 Å². The van der Waals surface area contributed by atoms with Crippen molar-refractivity contribution in [3.05, 3.63) is 23.8 Å². The number of alkyl carbamates (subject to hydrolysis) is 1. The van der Waals surface area contributed by atoms with Crippen LogP contribution in [0.3, 0.4) is 0 Å². The van der Waals surface area contributed by atoms with E-state index < -0.39 is 64.1 Å². The first kappa shape index (κ1) is 28.0. The number of ether oxygens (including phenoxy) is 1. The lowest BCUT2D eigenvalue weighted by Crippen LogP contribution is -2.70. The number of Topliss-reactive ketones (excluding diaryl/α,β-unsaturated/α-hetero) is 1. The molecular formula is C29H42FNO6. The maximum absolute atomic E-state index is 17.4. The number of allylic oxidation sites excluding steroid dienone is 4. The van der Waals surface area contributed by atoms with E-state index in [-0.39, 0.29) is 18.1 Å². The molecule has 0 aliphatic heterocycles. The molecule has 8 heteroatoms. The second-order valence-corrected chi connectivity index (χ2v) is 12.9. The average Bonchev–Trinajstić information content (AvgIpc) is 3.01. The molecule has 3 fully saturated rings. The number of rotatable bonds is 6. The van der Waals surface area contributed by atoms with Gasteiger partial charge in [-0.25, -0.2) is 9.18 Å². The number of halogens is 1. The Balaban J connectivity index is 1.77. The highest BCUT2D eigenvalue weighted by molar-refractivity contribution is 6.01. The summed E-state index contributed by atoms with van der Waals surface area (Å²) in [5.41, 5.74) is -5.90. The smallest absolute Gasteiger partial charge is 0.408 e. The first-order chi connectivity index (χ1) is 17.1. The average molecular weight is 520 g/mol. The van der Waals surface area contributed by atoms with Crippen LogP contribution in [0, 0.1) is 28.6 Å². The molecule has 0 unspecified atom stereocenters. The Morgan fingerprint density at radius 1 is 1.27 bits per heavy atom. The number of carbonyl (C=O) groups is 3. The van der Waals surface area contributed by atoms with Gasteiger partial charge < -0.3 is 20.3 Å². The Morgan fingerprint density at radius 2 is 1.95 bits per heavy atom. The molecule has 0 aromatic heterocycles. The number of ketones is 2. The molecule has 0 radical (unpaired) electrons. The minimum Gasteiger partial charge on any atom is -0.434 e. The number of fused-ring (bicyclic) bond motifs is 5. The first-order valence-corrected chi connectivity index (χ1v) is 13.6. The summed E-state index contributed by atoms with van der Waals surface area (Å²) < 4.78 is 23.5. The molecule has 0 heterocycles. The van der Waals surface area contributed by atoms with E-state index in [1.165, 1.54) is 12.2 Å². The maximum atomic E-state index is 17.4. The molecule has 4 aliphatic rings. The van der Waals surface area contributed by atoms with Gasteiger partial charge in [-0.3, -0.25) is 9.59 Å². The van der Waals surface area contributed by atoms with Crippen molar-refractivity contribution in [3.8, 4) is 0 Å². The molecule has 3 N–H and O–H groups in total. The van der Waals surface area contributed by atoms with Crippen LogP contribution in [-0.4, -0.2) is 57.4 Å².